The van der Waals surface area contributed by atoms with Crippen molar-refractivity contribution in [2.24, 2.45) is 0 Å². The van der Waals surface area contributed by atoms with Gasteiger partial charge in [-0.2, -0.15) is 0 Å². The van der Waals surface area contributed by atoms with Crippen molar-refractivity contribution in [3.8, 4) is 0 Å². The Kier molecular flexibility index (Phi) is 3.87. The van der Waals surface area contributed by atoms with Crippen molar-refractivity contribution in [3.05, 3.63) is 39.8 Å². The highest BCUT2D eigenvalue weighted by atomic mass is 32.1. The smallest absolute Gasteiger partial charge is 0.270 e. The molecule has 0 aliphatic rings. The second-order valence-electron chi connectivity index (χ2n) is 5.68. The Balaban J connectivity index is 2.81. The molecule has 21 heavy (non-hydrogen) atoms. The second-order valence-corrected chi connectivity index (χ2v) is 6.09. The molecule has 0 atom stereocenters. The minimum absolute atomic E-state index is 0.00485. The number of non-ortho nitro benzene ring substituents is 1. The fourth-order valence-electron chi connectivity index (χ4n) is 1.86. The van der Waals surface area contributed by atoms with E-state index in [0.29, 0.717) is 27.4 Å². The van der Waals surface area contributed by atoms with Gasteiger partial charge in [0.05, 0.1) is 10.4 Å². The molecule has 0 aliphatic heterocycles. The van der Waals surface area contributed by atoms with Gasteiger partial charge in [0.2, 0.25) is 0 Å². The zero-order chi connectivity index (χ0) is 15.8. The van der Waals surface area contributed by atoms with Crippen molar-refractivity contribution < 1.29 is 4.92 Å². The van der Waals surface area contributed by atoms with Gasteiger partial charge in [-0.3, -0.25) is 10.1 Å². The summed E-state index contributed by atoms with van der Waals surface area (Å²) in [6.07, 6.45) is 0. The first kappa shape index (κ1) is 15.2. The van der Waals surface area contributed by atoms with Crippen LogP contribution in [0.2, 0.25) is 0 Å². The number of thiocarbonyl (C=S) groups is 1. The lowest BCUT2D eigenvalue weighted by Gasteiger charge is -2.18. The summed E-state index contributed by atoms with van der Waals surface area (Å²) in [5, 5.41) is 14.4. The van der Waals surface area contributed by atoms with E-state index >= 15 is 0 Å². The summed E-state index contributed by atoms with van der Waals surface area (Å²) in [5.74, 6) is 0.649. The van der Waals surface area contributed by atoms with E-state index in [1.165, 1.54) is 12.1 Å². The predicted molar refractivity (Wildman–Crippen MR) is 85.7 cm³/mol. The molecule has 2 rings (SSSR count). The Hall–Kier alpha value is -2.15. The molecule has 0 spiro atoms. The first-order valence-electron chi connectivity index (χ1n) is 6.43. The van der Waals surface area contributed by atoms with Crippen LogP contribution < -0.4 is 5.32 Å². The van der Waals surface area contributed by atoms with E-state index in [-0.39, 0.29) is 11.1 Å². The molecule has 1 aromatic heterocycles. The van der Waals surface area contributed by atoms with Crippen molar-refractivity contribution >= 4 is 33.8 Å². The SMILES string of the molecule is CNC(=S)c1nc(C(C)(C)C)nc2ccc([N+](=O)[O-])cc12. The van der Waals surface area contributed by atoms with Gasteiger partial charge in [-0.05, 0) is 6.07 Å². The summed E-state index contributed by atoms with van der Waals surface area (Å²) in [4.78, 5) is 19.9. The maximum atomic E-state index is 10.9. The predicted octanol–water partition coefficient (Wildman–Crippen LogP) is 2.73. The molecule has 0 bridgehead atoms. The van der Waals surface area contributed by atoms with Gasteiger partial charge in [-0.1, -0.05) is 33.0 Å². The van der Waals surface area contributed by atoms with E-state index in [1.807, 2.05) is 20.8 Å². The van der Waals surface area contributed by atoms with Gasteiger partial charge in [-0.25, -0.2) is 9.97 Å². The standard InChI is InChI=1S/C14H16N4O2S/c1-14(2,3)13-16-10-6-5-8(18(19)20)7-9(10)11(17-13)12(21)15-4/h5-7H,1-4H3,(H,15,21). The average Bonchev–Trinajstić information content (AvgIpc) is 2.43. The quantitative estimate of drug-likeness (QED) is 0.522. The highest BCUT2D eigenvalue weighted by Gasteiger charge is 2.22. The molecule has 7 heteroatoms. The van der Waals surface area contributed by atoms with E-state index < -0.39 is 4.92 Å². The minimum atomic E-state index is -0.441. The first-order valence-corrected chi connectivity index (χ1v) is 6.83. The molecule has 1 aromatic carbocycles. The van der Waals surface area contributed by atoms with Crippen molar-refractivity contribution in [1.29, 1.82) is 0 Å². The normalized spacial score (nSPS) is 11.4. The van der Waals surface area contributed by atoms with Crippen molar-refractivity contribution in [3.63, 3.8) is 0 Å². The number of aromatic nitrogens is 2. The van der Waals surface area contributed by atoms with Gasteiger partial charge in [0.1, 0.15) is 16.5 Å². The molecule has 0 fully saturated rings. The Labute approximate surface area is 127 Å². The van der Waals surface area contributed by atoms with Crippen LogP contribution in [0.4, 0.5) is 5.69 Å². The van der Waals surface area contributed by atoms with Crippen LogP contribution in [0.3, 0.4) is 0 Å². The zero-order valence-corrected chi connectivity index (χ0v) is 13.1. The molecular formula is C14H16N4O2S. The topological polar surface area (TPSA) is 81.0 Å². The highest BCUT2D eigenvalue weighted by Crippen LogP contribution is 2.26. The van der Waals surface area contributed by atoms with Crippen LogP contribution in [0, 0.1) is 10.1 Å². The maximum absolute atomic E-state index is 10.9. The number of fused-ring (bicyclic) bond motifs is 1. The second kappa shape index (κ2) is 5.33. The van der Waals surface area contributed by atoms with Crippen molar-refractivity contribution in [1.82, 2.24) is 15.3 Å². The average molecular weight is 304 g/mol. The largest absolute Gasteiger partial charge is 0.378 e. The number of nitro groups is 1. The van der Waals surface area contributed by atoms with Crippen LogP contribution >= 0.6 is 12.2 Å². The Morgan fingerprint density at radius 3 is 2.52 bits per heavy atom. The Morgan fingerprint density at radius 2 is 2.00 bits per heavy atom. The molecule has 0 amide bonds. The first-order chi connectivity index (χ1) is 9.74. The summed E-state index contributed by atoms with van der Waals surface area (Å²) >= 11 is 5.27. The van der Waals surface area contributed by atoms with Gasteiger partial charge in [0, 0.05) is 30.0 Å². The van der Waals surface area contributed by atoms with Crippen LogP contribution in [-0.4, -0.2) is 26.9 Å². The molecule has 0 saturated carbocycles. The Morgan fingerprint density at radius 1 is 1.33 bits per heavy atom. The summed E-state index contributed by atoms with van der Waals surface area (Å²) < 4.78 is 0. The van der Waals surface area contributed by atoms with E-state index in [9.17, 15) is 10.1 Å². The fraction of sp³-hybridized carbons (Fsp3) is 0.357. The number of rotatable bonds is 2. The summed E-state index contributed by atoms with van der Waals surface area (Å²) in [5.41, 5.74) is 0.919. The molecule has 0 aliphatic carbocycles. The number of nitrogens with zero attached hydrogens (tertiary/aromatic N) is 3. The molecular weight excluding hydrogens is 288 g/mol. The summed E-state index contributed by atoms with van der Waals surface area (Å²) in [6, 6.07) is 4.53. The van der Waals surface area contributed by atoms with Gasteiger partial charge in [-0.15, -0.1) is 0 Å². The van der Waals surface area contributed by atoms with Crippen LogP contribution in [0.15, 0.2) is 18.2 Å². The fourth-order valence-corrected chi connectivity index (χ4v) is 2.01. The molecule has 0 radical (unpaired) electrons. The molecule has 1 N–H and O–H groups in total. The monoisotopic (exact) mass is 304 g/mol. The van der Waals surface area contributed by atoms with Crippen molar-refractivity contribution in [2.45, 2.75) is 26.2 Å². The third-order valence-corrected chi connectivity index (χ3v) is 3.40. The molecule has 6 nitrogen and oxygen atoms in total. The van der Waals surface area contributed by atoms with Gasteiger partial charge in [0.25, 0.3) is 5.69 Å². The van der Waals surface area contributed by atoms with Gasteiger partial charge < -0.3 is 5.32 Å². The number of benzene rings is 1. The van der Waals surface area contributed by atoms with E-state index in [2.05, 4.69) is 15.3 Å². The van der Waals surface area contributed by atoms with Crippen LogP contribution in [-0.2, 0) is 5.41 Å². The molecule has 0 saturated heterocycles. The number of nitro benzene ring substituents is 1. The molecule has 110 valence electrons. The third-order valence-electron chi connectivity index (χ3n) is 3.00. The number of nitrogens with one attached hydrogen (secondary N) is 1. The highest BCUT2D eigenvalue weighted by molar-refractivity contribution is 7.80. The van der Waals surface area contributed by atoms with Gasteiger partial charge in [0.15, 0.2) is 0 Å². The molecule has 0 unspecified atom stereocenters. The van der Waals surface area contributed by atoms with E-state index in [0.717, 1.165) is 0 Å². The number of hydrogen-bond acceptors (Lipinski definition) is 5. The minimum Gasteiger partial charge on any atom is -0.378 e. The summed E-state index contributed by atoms with van der Waals surface area (Å²) in [7, 11) is 1.70. The lowest BCUT2D eigenvalue weighted by atomic mass is 9.95. The van der Waals surface area contributed by atoms with Crippen LogP contribution in [0.25, 0.3) is 10.9 Å². The van der Waals surface area contributed by atoms with Crippen LogP contribution in [0.5, 0.6) is 0 Å². The Bertz CT molecular complexity index is 738. The lowest BCUT2D eigenvalue weighted by Crippen LogP contribution is -2.23. The lowest BCUT2D eigenvalue weighted by molar-refractivity contribution is -0.384. The summed E-state index contributed by atoms with van der Waals surface area (Å²) in [6.45, 7) is 6.02. The molecule has 1 heterocycles. The zero-order valence-electron chi connectivity index (χ0n) is 12.3. The van der Waals surface area contributed by atoms with Crippen LogP contribution in [0.1, 0.15) is 32.3 Å². The van der Waals surface area contributed by atoms with E-state index in [1.54, 1.807) is 13.1 Å². The molecule has 2 aromatic rings. The van der Waals surface area contributed by atoms with Crippen molar-refractivity contribution in [2.75, 3.05) is 7.05 Å². The third kappa shape index (κ3) is 2.97. The number of hydrogen-bond donors (Lipinski definition) is 1. The van der Waals surface area contributed by atoms with E-state index in [4.69, 9.17) is 12.2 Å². The van der Waals surface area contributed by atoms with Gasteiger partial charge >= 0.3 is 0 Å². The maximum Gasteiger partial charge on any atom is 0.270 e.